The number of rotatable bonds is 12. The number of nitrogens with one attached hydrogen (secondary N) is 1. The number of pyridine rings is 3. The average Bonchev–Trinajstić information content (AvgIpc) is 2.94. The van der Waals surface area contributed by atoms with Crippen molar-refractivity contribution in [1.29, 1.82) is 0 Å². The molecule has 0 bridgehead atoms. The molecule has 41 heavy (non-hydrogen) atoms. The Bertz CT molecular complexity index is 1630. The lowest BCUT2D eigenvalue weighted by atomic mass is 10.1. The van der Waals surface area contributed by atoms with Crippen molar-refractivity contribution in [2.24, 2.45) is 5.92 Å². The molecule has 0 saturated carbocycles. The van der Waals surface area contributed by atoms with Crippen molar-refractivity contribution >= 4 is 15.9 Å². The summed E-state index contributed by atoms with van der Waals surface area (Å²) < 4.78 is 53.8. The third-order valence-corrected chi connectivity index (χ3v) is 6.99. The fraction of sp³-hybridized carbons (Fsp3) is 0.267. The van der Waals surface area contributed by atoms with Crippen LogP contribution in [0, 0.1) is 18.7 Å². The Morgan fingerprint density at radius 1 is 1.02 bits per heavy atom. The quantitative estimate of drug-likeness (QED) is 0.213. The summed E-state index contributed by atoms with van der Waals surface area (Å²) >= 11 is 0. The highest BCUT2D eigenvalue weighted by atomic mass is 32.2. The zero-order valence-corrected chi connectivity index (χ0v) is 23.8. The van der Waals surface area contributed by atoms with Crippen LogP contribution in [0.4, 0.5) is 4.39 Å². The molecule has 1 aromatic carbocycles. The van der Waals surface area contributed by atoms with Gasteiger partial charge in [0.2, 0.25) is 5.88 Å². The summed E-state index contributed by atoms with van der Waals surface area (Å²) in [6, 6.07) is 17.2. The Balaban J connectivity index is 0.00000323. The molecular formula is C30H35FN4O5S. The van der Waals surface area contributed by atoms with E-state index in [1.807, 2.05) is 36.8 Å². The molecule has 4 rings (SSSR count). The minimum absolute atomic E-state index is 0. The van der Waals surface area contributed by atoms with Gasteiger partial charge in [-0.2, -0.15) is 8.42 Å². The number of amides is 1. The van der Waals surface area contributed by atoms with Gasteiger partial charge in [0, 0.05) is 32.1 Å². The van der Waals surface area contributed by atoms with Crippen LogP contribution in [0.1, 0.15) is 44.9 Å². The number of aromatic nitrogens is 3. The van der Waals surface area contributed by atoms with E-state index in [-0.39, 0.29) is 31.8 Å². The molecule has 11 heteroatoms. The topological polar surface area (TPSA) is 120 Å². The van der Waals surface area contributed by atoms with Crippen molar-refractivity contribution in [1.82, 2.24) is 19.7 Å². The molecule has 3 heterocycles. The number of hydrogen-bond acceptors (Lipinski definition) is 8. The SMILES string of the molecule is Cc1cccc(S(=O)(=O)NC(=O)c2ccc(-c3cc(F)cc(OCC(C)C)c3)nc2OCCCc2ccccn2)n1.[HH].[HH]. The monoisotopic (exact) mass is 582 g/mol. The molecule has 0 aliphatic heterocycles. The van der Waals surface area contributed by atoms with Crippen LogP contribution in [0.2, 0.25) is 0 Å². The van der Waals surface area contributed by atoms with Crippen LogP contribution in [0.5, 0.6) is 11.6 Å². The standard InChI is InChI=1S/C30H31FN4O5S.2H2/c1-20(2)19-40-25-17-22(16-23(31)18-25)27-13-12-26(29(36)35-41(37,38)28-11-6-8-21(3)33-28)30(34-27)39-15-7-10-24-9-4-5-14-32-24;;/h4-6,8-9,11-14,16-18,20H,7,10,15,19H2,1-3H3,(H,35,36);2*1H. The van der Waals surface area contributed by atoms with E-state index in [0.29, 0.717) is 42.1 Å². The molecule has 1 amide bonds. The minimum Gasteiger partial charge on any atom is -0.493 e. The lowest BCUT2D eigenvalue weighted by Gasteiger charge is -2.14. The first kappa shape index (κ1) is 29.6. The Labute approximate surface area is 241 Å². The normalized spacial score (nSPS) is 11.3. The number of benzene rings is 1. The number of carbonyl (C=O) groups is 1. The Hall–Kier alpha value is -4.38. The molecule has 1 N–H and O–H groups in total. The molecule has 3 aromatic heterocycles. The predicted octanol–water partition coefficient (Wildman–Crippen LogP) is 5.64. The largest absolute Gasteiger partial charge is 0.493 e. The van der Waals surface area contributed by atoms with Gasteiger partial charge in [-0.25, -0.2) is 19.1 Å². The molecule has 0 fully saturated rings. The molecular weight excluding hydrogens is 547 g/mol. The first-order valence-electron chi connectivity index (χ1n) is 13.1. The van der Waals surface area contributed by atoms with Gasteiger partial charge in [-0.15, -0.1) is 0 Å². The number of ether oxygens (including phenoxy) is 2. The van der Waals surface area contributed by atoms with E-state index in [2.05, 4.69) is 15.0 Å². The van der Waals surface area contributed by atoms with Gasteiger partial charge < -0.3 is 9.47 Å². The number of sulfonamides is 1. The predicted molar refractivity (Wildman–Crippen MR) is 156 cm³/mol. The van der Waals surface area contributed by atoms with Crippen LogP contribution in [0.15, 0.2) is 78.0 Å². The zero-order valence-electron chi connectivity index (χ0n) is 23.0. The second-order valence-electron chi connectivity index (χ2n) is 9.75. The molecule has 0 atom stereocenters. The first-order valence-corrected chi connectivity index (χ1v) is 14.6. The summed E-state index contributed by atoms with van der Waals surface area (Å²) in [4.78, 5) is 25.9. The van der Waals surface area contributed by atoms with Gasteiger partial charge in [0.25, 0.3) is 15.9 Å². The molecule has 0 spiro atoms. The summed E-state index contributed by atoms with van der Waals surface area (Å²) in [6.07, 6.45) is 2.88. The number of halogens is 1. The van der Waals surface area contributed by atoms with Crippen molar-refractivity contribution in [3.05, 3.63) is 95.7 Å². The highest BCUT2D eigenvalue weighted by molar-refractivity contribution is 7.90. The number of carbonyl (C=O) groups excluding carboxylic acids is 1. The Morgan fingerprint density at radius 3 is 2.59 bits per heavy atom. The molecule has 0 unspecified atom stereocenters. The van der Waals surface area contributed by atoms with E-state index in [0.717, 1.165) is 5.69 Å². The van der Waals surface area contributed by atoms with Crippen LogP contribution in [-0.4, -0.2) is 42.5 Å². The smallest absolute Gasteiger partial charge is 0.281 e. The summed E-state index contributed by atoms with van der Waals surface area (Å²) in [5.41, 5.74) is 1.98. The molecule has 0 saturated heterocycles. The van der Waals surface area contributed by atoms with Crippen LogP contribution >= 0.6 is 0 Å². The van der Waals surface area contributed by atoms with Crippen LogP contribution < -0.4 is 14.2 Å². The molecule has 0 aliphatic carbocycles. The average molecular weight is 583 g/mol. The van der Waals surface area contributed by atoms with Crippen molar-refractivity contribution in [2.75, 3.05) is 13.2 Å². The number of aryl methyl sites for hydroxylation is 2. The van der Waals surface area contributed by atoms with Crippen LogP contribution in [0.3, 0.4) is 0 Å². The van der Waals surface area contributed by atoms with Crippen molar-refractivity contribution in [2.45, 2.75) is 38.6 Å². The fourth-order valence-electron chi connectivity index (χ4n) is 3.81. The van der Waals surface area contributed by atoms with E-state index in [1.165, 1.54) is 36.4 Å². The van der Waals surface area contributed by atoms with E-state index >= 15 is 0 Å². The Morgan fingerprint density at radius 2 is 1.85 bits per heavy atom. The molecule has 0 radical (unpaired) electrons. The lowest BCUT2D eigenvalue weighted by Crippen LogP contribution is -2.31. The van der Waals surface area contributed by atoms with E-state index in [4.69, 9.17) is 9.47 Å². The highest BCUT2D eigenvalue weighted by Crippen LogP contribution is 2.28. The minimum atomic E-state index is -4.26. The molecule has 218 valence electrons. The maximum atomic E-state index is 14.4. The van der Waals surface area contributed by atoms with Crippen molar-refractivity contribution in [3.8, 4) is 22.9 Å². The van der Waals surface area contributed by atoms with Gasteiger partial charge in [0.15, 0.2) is 5.03 Å². The van der Waals surface area contributed by atoms with Crippen LogP contribution in [0.25, 0.3) is 11.3 Å². The molecule has 9 nitrogen and oxygen atoms in total. The van der Waals surface area contributed by atoms with Gasteiger partial charge >= 0.3 is 0 Å². The second-order valence-corrected chi connectivity index (χ2v) is 11.4. The summed E-state index contributed by atoms with van der Waals surface area (Å²) in [5, 5.41) is -0.290. The van der Waals surface area contributed by atoms with Crippen molar-refractivity contribution < 1.29 is 29.9 Å². The van der Waals surface area contributed by atoms with Crippen LogP contribution in [-0.2, 0) is 16.4 Å². The summed E-state index contributed by atoms with van der Waals surface area (Å²) in [6.45, 7) is 6.19. The summed E-state index contributed by atoms with van der Waals surface area (Å²) in [7, 11) is -4.26. The van der Waals surface area contributed by atoms with E-state index < -0.39 is 21.7 Å². The summed E-state index contributed by atoms with van der Waals surface area (Å²) in [5.74, 6) is -0.962. The first-order chi connectivity index (χ1) is 19.6. The number of hydrogen-bond donors (Lipinski definition) is 1. The lowest BCUT2D eigenvalue weighted by molar-refractivity contribution is 0.0976. The van der Waals surface area contributed by atoms with Gasteiger partial charge in [-0.1, -0.05) is 26.0 Å². The van der Waals surface area contributed by atoms with Crippen molar-refractivity contribution in [3.63, 3.8) is 0 Å². The second kappa shape index (κ2) is 13.3. The Kier molecular flexibility index (Phi) is 9.61. The van der Waals surface area contributed by atoms with Gasteiger partial charge in [-0.05, 0) is 74.2 Å². The van der Waals surface area contributed by atoms with E-state index in [1.54, 1.807) is 25.3 Å². The van der Waals surface area contributed by atoms with Gasteiger partial charge in [0.05, 0.1) is 18.9 Å². The zero-order chi connectivity index (χ0) is 29.4. The third kappa shape index (κ3) is 8.31. The van der Waals surface area contributed by atoms with E-state index in [9.17, 15) is 17.6 Å². The third-order valence-electron chi connectivity index (χ3n) is 5.76. The maximum Gasteiger partial charge on any atom is 0.281 e. The fourth-order valence-corrected chi connectivity index (χ4v) is 4.79. The molecule has 0 aliphatic rings. The van der Waals surface area contributed by atoms with Gasteiger partial charge in [-0.3, -0.25) is 9.78 Å². The number of nitrogens with zero attached hydrogens (tertiary/aromatic N) is 3. The maximum absolute atomic E-state index is 14.4. The molecule has 4 aromatic rings. The van der Waals surface area contributed by atoms with Gasteiger partial charge in [0.1, 0.15) is 17.1 Å². The highest BCUT2D eigenvalue weighted by Gasteiger charge is 2.24.